The molecule has 20 heavy (non-hydrogen) atoms. The fourth-order valence-electron chi connectivity index (χ4n) is 1.81. The van der Waals surface area contributed by atoms with Gasteiger partial charge in [0.2, 0.25) is 0 Å². The molecule has 0 aliphatic heterocycles. The Kier molecular flexibility index (Phi) is 4.92. The highest BCUT2D eigenvalue weighted by molar-refractivity contribution is 6.37. The van der Waals surface area contributed by atoms with Crippen LogP contribution in [0.4, 0.5) is 0 Å². The minimum Gasteiger partial charge on any atom is -0.506 e. The third kappa shape index (κ3) is 3.44. The summed E-state index contributed by atoms with van der Waals surface area (Å²) in [7, 11) is 0. The third-order valence-corrected chi connectivity index (χ3v) is 4.11. The largest absolute Gasteiger partial charge is 0.506 e. The maximum absolute atomic E-state index is 9.58. The first-order chi connectivity index (χ1) is 9.38. The topological polar surface area (TPSA) is 40.5 Å². The normalized spacial score (nSPS) is 10.8. The average molecular weight is 352 g/mol. The highest BCUT2D eigenvalue weighted by atomic mass is 35.5. The van der Waals surface area contributed by atoms with E-state index >= 15 is 0 Å². The van der Waals surface area contributed by atoms with Gasteiger partial charge >= 0.3 is 0 Å². The minimum absolute atomic E-state index is 0.00663. The number of aryl methyl sites for hydroxylation is 2. The van der Waals surface area contributed by atoms with Crippen molar-refractivity contribution in [2.45, 2.75) is 12.8 Å². The number of benzene rings is 2. The second-order valence-corrected chi connectivity index (χ2v) is 5.93. The molecule has 2 aromatic rings. The first kappa shape index (κ1) is 15.6. The van der Waals surface area contributed by atoms with Crippen molar-refractivity contribution >= 4 is 46.4 Å². The fourth-order valence-corrected chi connectivity index (χ4v) is 2.82. The van der Waals surface area contributed by atoms with Crippen molar-refractivity contribution in [1.29, 1.82) is 0 Å². The van der Waals surface area contributed by atoms with Crippen molar-refractivity contribution in [3.05, 3.63) is 55.5 Å². The molecular formula is C14H10Cl4O2. The molecule has 0 amide bonds. The summed E-state index contributed by atoms with van der Waals surface area (Å²) < 4.78 is 0. The molecular weight excluding hydrogens is 342 g/mol. The van der Waals surface area contributed by atoms with E-state index in [2.05, 4.69) is 0 Å². The SMILES string of the molecule is Oc1cc(CCc2cc(Cl)c(O)c(Cl)c2)c(Cl)cc1Cl. The van der Waals surface area contributed by atoms with E-state index in [0.717, 1.165) is 11.1 Å². The van der Waals surface area contributed by atoms with Crippen LogP contribution in [0.15, 0.2) is 24.3 Å². The molecule has 2 rings (SSSR count). The lowest BCUT2D eigenvalue weighted by Crippen LogP contribution is -1.93. The Morgan fingerprint density at radius 2 is 1.30 bits per heavy atom. The molecule has 0 bridgehead atoms. The molecule has 106 valence electrons. The molecule has 6 heteroatoms. The first-order valence-electron chi connectivity index (χ1n) is 5.72. The molecule has 2 N–H and O–H groups in total. The van der Waals surface area contributed by atoms with Crippen LogP contribution in [0, 0.1) is 0 Å². The summed E-state index contributed by atoms with van der Waals surface area (Å²) in [4.78, 5) is 0. The number of phenols is 2. The Morgan fingerprint density at radius 1 is 0.700 bits per heavy atom. The standard InChI is InChI=1S/C14H10Cl4O2/c15-9-6-10(16)13(19)5-8(9)2-1-7-3-11(17)14(20)12(18)4-7/h3-6,19-20H,1-2H2. The lowest BCUT2D eigenvalue weighted by atomic mass is 10.0. The fraction of sp³-hybridized carbons (Fsp3) is 0.143. The number of halogens is 4. The predicted octanol–water partition coefficient (Wildman–Crippen LogP) is 5.50. The van der Waals surface area contributed by atoms with Crippen LogP contribution in [0.3, 0.4) is 0 Å². The zero-order chi connectivity index (χ0) is 14.9. The number of aromatic hydroxyl groups is 2. The number of hydrogen-bond acceptors (Lipinski definition) is 2. The molecule has 0 saturated carbocycles. The van der Waals surface area contributed by atoms with E-state index in [9.17, 15) is 10.2 Å². The molecule has 2 nitrogen and oxygen atoms in total. The van der Waals surface area contributed by atoms with Crippen molar-refractivity contribution in [3.63, 3.8) is 0 Å². The molecule has 0 aliphatic carbocycles. The predicted molar refractivity (Wildman–Crippen MR) is 83.7 cm³/mol. The van der Waals surface area contributed by atoms with Crippen molar-refractivity contribution in [3.8, 4) is 11.5 Å². The van der Waals surface area contributed by atoms with Crippen molar-refractivity contribution in [1.82, 2.24) is 0 Å². The molecule has 0 saturated heterocycles. The molecule has 0 heterocycles. The average Bonchev–Trinajstić information content (AvgIpc) is 2.38. The highest BCUT2D eigenvalue weighted by Crippen LogP contribution is 2.34. The lowest BCUT2D eigenvalue weighted by Gasteiger charge is -2.08. The van der Waals surface area contributed by atoms with Crippen LogP contribution in [0.2, 0.25) is 20.1 Å². The summed E-state index contributed by atoms with van der Waals surface area (Å²) in [5.74, 6) is -0.132. The summed E-state index contributed by atoms with van der Waals surface area (Å²) in [5, 5.41) is 20.2. The van der Waals surface area contributed by atoms with E-state index in [4.69, 9.17) is 46.4 Å². The second kappa shape index (κ2) is 6.31. The molecule has 0 radical (unpaired) electrons. The van der Waals surface area contributed by atoms with Crippen LogP contribution >= 0.6 is 46.4 Å². The number of hydrogen-bond donors (Lipinski definition) is 2. The number of rotatable bonds is 3. The van der Waals surface area contributed by atoms with Crippen LogP contribution in [0.5, 0.6) is 11.5 Å². The van der Waals surface area contributed by atoms with E-state index in [0.29, 0.717) is 17.9 Å². The van der Waals surface area contributed by atoms with Gasteiger partial charge in [0.1, 0.15) is 5.75 Å². The Labute approximate surface area is 136 Å². The lowest BCUT2D eigenvalue weighted by molar-refractivity contribution is 0.475. The first-order valence-corrected chi connectivity index (χ1v) is 7.23. The van der Waals surface area contributed by atoms with Gasteiger partial charge < -0.3 is 10.2 Å². The summed E-state index contributed by atoms with van der Waals surface area (Å²) in [6.45, 7) is 0. The van der Waals surface area contributed by atoms with Gasteiger partial charge in [-0.05, 0) is 48.2 Å². The quantitative estimate of drug-likeness (QED) is 0.766. The molecule has 0 fully saturated rings. The maximum Gasteiger partial charge on any atom is 0.152 e. The van der Waals surface area contributed by atoms with Gasteiger partial charge in [-0.3, -0.25) is 0 Å². The van der Waals surface area contributed by atoms with Gasteiger partial charge in [0.05, 0.1) is 15.1 Å². The van der Waals surface area contributed by atoms with E-state index < -0.39 is 0 Å². The van der Waals surface area contributed by atoms with Gasteiger partial charge in [0.25, 0.3) is 0 Å². The number of phenolic OH excluding ortho intramolecular Hbond substituents is 2. The van der Waals surface area contributed by atoms with E-state index in [1.807, 2.05) is 0 Å². The Hall–Kier alpha value is -0.800. The van der Waals surface area contributed by atoms with Gasteiger partial charge in [-0.25, -0.2) is 0 Å². The Bertz CT molecular complexity index is 633. The summed E-state index contributed by atoms with van der Waals surface area (Å²) in [6, 6.07) is 6.33. The molecule has 2 aromatic carbocycles. The van der Waals surface area contributed by atoms with Crippen molar-refractivity contribution in [2.24, 2.45) is 0 Å². The van der Waals surface area contributed by atoms with Crippen LogP contribution in [0.1, 0.15) is 11.1 Å². The zero-order valence-electron chi connectivity index (χ0n) is 10.1. The van der Waals surface area contributed by atoms with E-state index in [1.165, 1.54) is 12.1 Å². The van der Waals surface area contributed by atoms with Gasteiger partial charge in [0.15, 0.2) is 5.75 Å². The maximum atomic E-state index is 9.58. The van der Waals surface area contributed by atoms with Crippen LogP contribution < -0.4 is 0 Å². The molecule has 0 aliphatic rings. The highest BCUT2D eigenvalue weighted by Gasteiger charge is 2.09. The Morgan fingerprint density at radius 3 is 1.90 bits per heavy atom. The second-order valence-electron chi connectivity index (χ2n) is 4.30. The molecule has 0 aromatic heterocycles. The van der Waals surface area contributed by atoms with Crippen molar-refractivity contribution in [2.75, 3.05) is 0 Å². The van der Waals surface area contributed by atoms with Crippen LogP contribution in [-0.2, 0) is 12.8 Å². The van der Waals surface area contributed by atoms with Gasteiger partial charge in [-0.15, -0.1) is 0 Å². The zero-order valence-corrected chi connectivity index (χ0v) is 13.2. The minimum atomic E-state index is -0.126. The van der Waals surface area contributed by atoms with Crippen LogP contribution in [0.25, 0.3) is 0 Å². The van der Waals surface area contributed by atoms with E-state index in [1.54, 1.807) is 12.1 Å². The summed E-state index contributed by atoms with van der Waals surface area (Å²) >= 11 is 23.6. The van der Waals surface area contributed by atoms with Gasteiger partial charge in [-0.1, -0.05) is 46.4 Å². The molecule has 0 unspecified atom stereocenters. The Balaban J connectivity index is 2.19. The van der Waals surface area contributed by atoms with Crippen LogP contribution in [-0.4, -0.2) is 10.2 Å². The summed E-state index contributed by atoms with van der Waals surface area (Å²) in [6.07, 6.45) is 1.20. The smallest absolute Gasteiger partial charge is 0.152 e. The third-order valence-electron chi connectivity index (χ3n) is 2.88. The van der Waals surface area contributed by atoms with Gasteiger partial charge in [-0.2, -0.15) is 0 Å². The van der Waals surface area contributed by atoms with E-state index in [-0.39, 0.29) is 26.6 Å². The van der Waals surface area contributed by atoms with Crippen molar-refractivity contribution < 1.29 is 10.2 Å². The monoisotopic (exact) mass is 350 g/mol. The summed E-state index contributed by atoms with van der Waals surface area (Å²) in [5.41, 5.74) is 1.64. The van der Waals surface area contributed by atoms with Gasteiger partial charge in [0, 0.05) is 5.02 Å². The molecule has 0 atom stereocenters. The molecule has 0 spiro atoms.